The van der Waals surface area contributed by atoms with Crippen molar-refractivity contribution in [3.8, 4) is 0 Å². The Hall–Kier alpha value is -1.02. The van der Waals surface area contributed by atoms with E-state index in [2.05, 4.69) is 79.4 Å². The zero-order valence-corrected chi connectivity index (χ0v) is 14.2. The van der Waals surface area contributed by atoms with Crippen LogP contribution in [0.2, 0.25) is 0 Å². The number of hydrogen-bond acceptors (Lipinski definition) is 1. The van der Waals surface area contributed by atoms with Crippen molar-refractivity contribution in [1.29, 1.82) is 0 Å². The van der Waals surface area contributed by atoms with Gasteiger partial charge in [0, 0.05) is 28.7 Å². The summed E-state index contributed by atoms with van der Waals surface area (Å²) in [4.78, 5) is 0. The summed E-state index contributed by atoms with van der Waals surface area (Å²) in [5, 5.41) is 3.64. The van der Waals surface area contributed by atoms with E-state index in [1.54, 1.807) is 0 Å². The minimum atomic E-state index is 0.947. The van der Waals surface area contributed by atoms with Crippen LogP contribution < -0.4 is 5.32 Å². The molecule has 1 aliphatic heterocycles. The molecule has 0 radical (unpaired) electrons. The summed E-state index contributed by atoms with van der Waals surface area (Å²) in [7, 11) is 0. The number of halogens is 2. The van der Waals surface area contributed by atoms with Crippen LogP contribution in [0.25, 0.3) is 0 Å². The Labute approximate surface area is 136 Å². The fourth-order valence-corrected chi connectivity index (χ4v) is 3.22. The van der Waals surface area contributed by atoms with Crippen LogP contribution in [0.15, 0.2) is 73.7 Å². The van der Waals surface area contributed by atoms with Crippen molar-refractivity contribution in [1.82, 2.24) is 5.32 Å². The number of allylic oxidation sites excluding steroid dienone is 9. The van der Waals surface area contributed by atoms with E-state index < -0.39 is 0 Å². The molecule has 0 fully saturated rings. The first-order valence-electron chi connectivity index (χ1n) is 6.73. The van der Waals surface area contributed by atoms with Crippen molar-refractivity contribution in [2.24, 2.45) is 0 Å². The summed E-state index contributed by atoms with van der Waals surface area (Å²) in [6.07, 6.45) is 16.8. The number of dihydropyridines is 1. The molecule has 0 atom stereocenters. The van der Waals surface area contributed by atoms with Crippen LogP contribution in [0.5, 0.6) is 0 Å². The van der Waals surface area contributed by atoms with Gasteiger partial charge in [0.05, 0.1) is 4.48 Å². The summed E-state index contributed by atoms with van der Waals surface area (Å²) in [6.45, 7) is 0. The predicted molar refractivity (Wildman–Crippen MR) is 91.5 cm³/mol. The zero-order valence-electron chi connectivity index (χ0n) is 11.0. The molecule has 0 saturated heterocycles. The number of nitrogens with one attached hydrogen (secondary N) is 1. The van der Waals surface area contributed by atoms with Gasteiger partial charge in [0.1, 0.15) is 0 Å². The number of rotatable bonds is 0. The first-order chi connectivity index (χ1) is 9.72. The molecule has 3 aliphatic rings. The smallest absolute Gasteiger partial charge is 0.0590 e. The molecule has 0 aromatic heterocycles. The van der Waals surface area contributed by atoms with Crippen molar-refractivity contribution in [3.05, 3.63) is 73.7 Å². The van der Waals surface area contributed by atoms with E-state index in [1.165, 1.54) is 27.0 Å². The summed E-state index contributed by atoms with van der Waals surface area (Å²) < 4.78 is 2.18. The second-order valence-electron chi connectivity index (χ2n) is 5.03. The maximum absolute atomic E-state index is 3.64. The quantitative estimate of drug-likeness (QED) is 0.536. The SMILES string of the molecule is BrC1=C=CC2=C(CC=C1)NC1=C(C/C=C(Br)\C=C/C1)C2. The van der Waals surface area contributed by atoms with Gasteiger partial charge in [-0.05, 0) is 52.1 Å². The third kappa shape index (κ3) is 3.17. The van der Waals surface area contributed by atoms with Gasteiger partial charge in [0.25, 0.3) is 0 Å². The molecule has 0 saturated carbocycles. The van der Waals surface area contributed by atoms with Gasteiger partial charge in [-0.3, -0.25) is 0 Å². The highest BCUT2D eigenvalue weighted by atomic mass is 79.9. The lowest BCUT2D eigenvalue weighted by atomic mass is 9.91. The molecule has 3 heteroatoms. The second kappa shape index (κ2) is 6.17. The van der Waals surface area contributed by atoms with E-state index >= 15 is 0 Å². The van der Waals surface area contributed by atoms with Crippen LogP contribution in [0.3, 0.4) is 0 Å². The van der Waals surface area contributed by atoms with Gasteiger partial charge in [-0.1, -0.05) is 40.2 Å². The molecule has 20 heavy (non-hydrogen) atoms. The Kier molecular flexibility index (Phi) is 4.30. The van der Waals surface area contributed by atoms with Crippen molar-refractivity contribution in [2.75, 3.05) is 0 Å². The maximum Gasteiger partial charge on any atom is 0.0590 e. The molecule has 1 heterocycles. The minimum Gasteiger partial charge on any atom is -0.362 e. The lowest BCUT2D eigenvalue weighted by Gasteiger charge is -2.26. The van der Waals surface area contributed by atoms with Crippen molar-refractivity contribution < 1.29 is 0 Å². The Bertz CT molecular complexity index is 650. The van der Waals surface area contributed by atoms with E-state index in [0.29, 0.717) is 0 Å². The van der Waals surface area contributed by atoms with E-state index in [4.69, 9.17) is 0 Å². The normalized spacial score (nSPS) is 26.1. The van der Waals surface area contributed by atoms with E-state index in [9.17, 15) is 0 Å². The molecule has 0 unspecified atom stereocenters. The van der Waals surface area contributed by atoms with Crippen LogP contribution in [-0.2, 0) is 0 Å². The monoisotopic (exact) mass is 391 g/mol. The molecule has 1 nitrogen and oxygen atoms in total. The van der Waals surface area contributed by atoms with Crippen LogP contribution in [0.4, 0.5) is 0 Å². The molecule has 0 aromatic carbocycles. The van der Waals surface area contributed by atoms with Crippen LogP contribution in [0.1, 0.15) is 25.7 Å². The van der Waals surface area contributed by atoms with Gasteiger partial charge in [-0.15, -0.1) is 5.73 Å². The minimum absolute atomic E-state index is 0.947. The van der Waals surface area contributed by atoms with Crippen LogP contribution in [-0.4, -0.2) is 0 Å². The average Bonchev–Trinajstić information content (AvgIpc) is 2.40. The lowest BCUT2D eigenvalue weighted by Crippen LogP contribution is -2.21. The molecule has 1 N–H and O–H groups in total. The van der Waals surface area contributed by atoms with Gasteiger partial charge >= 0.3 is 0 Å². The van der Waals surface area contributed by atoms with Crippen molar-refractivity contribution >= 4 is 31.9 Å². The molecule has 3 rings (SSSR count). The molecular formula is C17H15Br2N. The first-order valence-corrected chi connectivity index (χ1v) is 8.32. The highest BCUT2D eigenvalue weighted by Gasteiger charge is 2.18. The van der Waals surface area contributed by atoms with Gasteiger partial charge in [-0.2, -0.15) is 0 Å². The average molecular weight is 393 g/mol. The second-order valence-corrected chi connectivity index (χ2v) is 6.80. The largest absolute Gasteiger partial charge is 0.362 e. The van der Waals surface area contributed by atoms with Crippen LogP contribution in [0, 0.1) is 0 Å². The fourth-order valence-electron chi connectivity index (χ4n) is 2.57. The standard InChI is InChI=1S/C17H15Br2N/c18-14-3-1-5-16-12(7-9-14)11-13-8-10-15(19)4-2-6-17(13)20-16/h1-4,7,10,20H,5-6,8,11H2/b3-1?,4-2-,15-10+. The Morgan fingerprint density at radius 2 is 1.80 bits per heavy atom. The fraction of sp³-hybridized carbons (Fsp3) is 0.235. The topological polar surface area (TPSA) is 12.0 Å². The molecule has 0 aromatic rings. The van der Waals surface area contributed by atoms with E-state index in [0.717, 1.165) is 30.2 Å². The third-order valence-electron chi connectivity index (χ3n) is 3.63. The third-order valence-corrected chi connectivity index (χ3v) is 4.71. The number of hydrogen-bond donors (Lipinski definition) is 1. The predicted octanol–water partition coefficient (Wildman–Crippen LogP) is 5.51. The first kappa shape index (κ1) is 13.9. The molecule has 0 amide bonds. The van der Waals surface area contributed by atoms with Gasteiger partial charge in [-0.25, -0.2) is 0 Å². The van der Waals surface area contributed by atoms with Gasteiger partial charge < -0.3 is 5.32 Å². The summed E-state index contributed by atoms with van der Waals surface area (Å²) in [5.74, 6) is 0. The molecule has 0 bridgehead atoms. The lowest BCUT2D eigenvalue weighted by molar-refractivity contribution is 0.788. The molecular weight excluding hydrogens is 378 g/mol. The molecule has 2 aliphatic carbocycles. The Balaban J connectivity index is 1.92. The van der Waals surface area contributed by atoms with E-state index in [-0.39, 0.29) is 0 Å². The zero-order chi connectivity index (χ0) is 13.9. The van der Waals surface area contributed by atoms with Gasteiger partial charge in [0.2, 0.25) is 0 Å². The highest BCUT2D eigenvalue weighted by Crippen LogP contribution is 2.32. The van der Waals surface area contributed by atoms with Crippen LogP contribution >= 0.6 is 31.9 Å². The Morgan fingerprint density at radius 1 is 1.00 bits per heavy atom. The van der Waals surface area contributed by atoms with Gasteiger partial charge in [0.15, 0.2) is 0 Å². The molecule has 102 valence electrons. The highest BCUT2D eigenvalue weighted by molar-refractivity contribution is 9.12. The summed E-state index contributed by atoms with van der Waals surface area (Å²) in [6, 6.07) is 0. The molecule has 0 spiro atoms. The van der Waals surface area contributed by atoms with Crippen molar-refractivity contribution in [2.45, 2.75) is 25.7 Å². The maximum atomic E-state index is 3.64. The van der Waals surface area contributed by atoms with E-state index in [1.807, 2.05) is 0 Å². The summed E-state index contributed by atoms with van der Waals surface area (Å²) in [5.41, 5.74) is 8.77. The Morgan fingerprint density at radius 3 is 2.70 bits per heavy atom. The van der Waals surface area contributed by atoms with Crippen molar-refractivity contribution in [3.63, 3.8) is 0 Å². The summed E-state index contributed by atoms with van der Waals surface area (Å²) >= 11 is 7.07.